The Labute approximate surface area is 118 Å². The standard InChI is InChI=1S/C12H10F3N3O2S/c1-16-10-2-3-17-6-12(10)21(19,20)18-11-5-8(14)7(13)4-9(11)15/h2-6,18H,1H3,(H,16,17). The van der Waals surface area contributed by atoms with E-state index in [-0.39, 0.29) is 16.6 Å². The molecule has 0 aliphatic rings. The van der Waals surface area contributed by atoms with E-state index in [1.54, 1.807) is 0 Å². The summed E-state index contributed by atoms with van der Waals surface area (Å²) in [6.07, 6.45) is 2.41. The Balaban J connectivity index is 2.45. The summed E-state index contributed by atoms with van der Waals surface area (Å²) < 4.78 is 65.6. The average molecular weight is 317 g/mol. The molecule has 0 unspecified atom stereocenters. The molecule has 1 aromatic carbocycles. The zero-order valence-corrected chi connectivity index (χ0v) is 11.5. The minimum atomic E-state index is -4.21. The molecule has 0 saturated carbocycles. The maximum absolute atomic E-state index is 13.5. The Morgan fingerprint density at radius 3 is 2.38 bits per heavy atom. The minimum absolute atomic E-state index is 0.223. The predicted molar refractivity (Wildman–Crippen MR) is 70.9 cm³/mol. The average Bonchev–Trinajstić information content (AvgIpc) is 2.44. The number of nitrogens with one attached hydrogen (secondary N) is 2. The van der Waals surface area contributed by atoms with Gasteiger partial charge in [0.05, 0.1) is 11.4 Å². The minimum Gasteiger partial charge on any atom is -0.387 e. The van der Waals surface area contributed by atoms with E-state index < -0.39 is 33.2 Å². The molecule has 0 aliphatic carbocycles. The van der Waals surface area contributed by atoms with Crippen molar-refractivity contribution in [3.8, 4) is 0 Å². The molecule has 0 saturated heterocycles. The first-order chi connectivity index (χ1) is 9.85. The molecule has 0 atom stereocenters. The first-order valence-electron chi connectivity index (χ1n) is 5.64. The number of halogens is 3. The third kappa shape index (κ3) is 3.07. The number of anilines is 2. The van der Waals surface area contributed by atoms with Gasteiger partial charge in [-0.05, 0) is 6.07 Å². The quantitative estimate of drug-likeness (QED) is 0.849. The van der Waals surface area contributed by atoms with Crippen LogP contribution in [0.4, 0.5) is 24.5 Å². The highest BCUT2D eigenvalue weighted by Crippen LogP contribution is 2.25. The van der Waals surface area contributed by atoms with Crippen LogP contribution in [0.2, 0.25) is 0 Å². The molecule has 2 rings (SSSR count). The number of hydrogen-bond acceptors (Lipinski definition) is 4. The van der Waals surface area contributed by atoms with Crippen LogP contribution in [0.25, 0.3) is 0 Å². The highest BCUT2D eigenvalue weighted by atomic mass is 32.2. The predicted octanol–water partition coefficient (Wildman–Crippen LogP) is 2.34. The summed E-state index contributed by atoms with van der Waals surface area (Å²) in [6.45, 7) is 0. The summed E-state index contributed by atoms with van der Waals surface area (Å²) in [4.78, 5) is 3.42. The van der Waals surface area contributed by atoms with Crippen LogP contribution in [-0.4, -0.2) is 20.4 Å². The lowest BCUT2D eigenvalue weighted by molar-refractivity contribution is 0.496. The molecule has 9 heteroatoms. The SMILES string of the molecule is CNc1ccncc1S(=O)(=O)Nc1cc(F)c(F)cc1F. The number of pyridine rings is 1. The van der Waals surface area contributed by atoms with Crippen molar-refractivity contribution in [3.05, 3.63) is 48.0 Å². The molecular weight excluding hydrogens is 307 g/mol. The van der Waals surface area contributed by atoms with Gasteiger partial charge < -0.3 is 5.32 Å². The first-order valence-corrected chi connectivity index (χ1v) is 7.12. The summed E-state index contributed by atoms with van der Waals surface area (Å²) in [5.74, 6) is -4.01. The Bertz CT molecular complexity index is 781. The van der Waals surface area contributed by atoms with Crippen LogP contribution in [0.5, 0.6) is 0 Å². The fourth-order valence-electron chi connectivity index (χ4n) is 1.60. The number of aromatic nitrogens is 1. The van der Waals surface area contributed by atoms with Crippen molar-refractivity contribution in [2.45, 2.75) is 4.90 Å². The maximum Gasteiger partial charge on any atom is 0.265 e. The molecule has 21 heavy (non-hydrogen) atoms. The van der Waals surface area contributed by atoms with Crippen molar-refractivity contribution < 1.29 is 21.6 Å². The van der Waals surface area contributed by atoms with Gasteiger partial charge in [-0.2, -0.15) is 0 Å². The van der Waals surface area contributed by atoms with Crippen LogP contribution in [-0.2, 0) is 10.0 Å². The Morgan fingerprint density at radius 1 is 1.05 bits per heavy atom. The zero-order valence-electron chi connectivity index (χ0n) is 10.7. The number of nitrogens with zero attached hydrogens (tertiary/aromatic N) is 1. The largest absolute Gasteiger partial charge is 0.387 e. The Kier molecular flexibility index (Phi) is 4.03. The van der Waals surface area contributed by atoms with Crippen molar-refractivity contribution in [3.63, 3.8) is 0 Å². The fraction of sp³-hybridized carbons (Fsp3) is 0.0833. The molecule has 0 bridgehead atoms. The lowest BCUT2D eigenvalue weighted by atomic mass is 10.3. The summed E-state index contributed by atoms with van der Waals surface area (Å²) in [5, 5.41) is 2.64. The van der Waals surface area contributed by atoms with E-state index in [2.05, 4.69) is 10.3 Å². The van der Waals surface area contributed by atoms with Gasteiger partial charge in [0, 0.05) is 31.6 Å². The van der Waals surface area contributed by atoms with Gasteiger partial charge in [-0.25, -0.2) is 21.6 Å². The molecule has 0 fully saturated rings. The molecule has 112 valence electrons. The third-order valence-electron chi connectivity index (χ3n) is 2.60. The van der Waals surface area contributed by atoms with Gasteiger partial charge in [0.1, 0.15) is 10.7 Å². The molecule has 5 nitrogen and oxygen atoms in total. The number of benzene rings is 1. The molecule has 1 heterocycles. The topological polar surface area (TPSA) is 71.1 Å². The van der Waals surface area contributed by atoms with Crippen molar-refractivity contribution >= 4 is 21.4 Å². The van der Waals surface area contributed by atoms with E-state index in [4.69, 9.17) is 0 Å². The van der Waals surface area contributed by atoms with Gasteiger partial charge in [-0.15, -0.1) is 0 Å². The van der Waals surface area contributed by atoms with E-state index in [9.17, 15) is 21.6 Å². The molecule has 0 aliphatic heterocycles. The molecule has 0 amide bonds. The summed E-state index contributed by atoms with van der Waals surface area (Å²) in [7, 11) is -2.72. The lowest BCUT2D eigenvalue weighted by Gasteiger charge is -2.12. The molecule has 1 aromatic heterocycles. The van der Waals surface area contributed by atoms with Gasteiger partial charge in [0.2, 0.25) is 0 Å². The zero-order chi connectivity index (χ0) is 15.6. The van der Waals surface area contributed by atoms with Gasteiger partial charge in [-0.1, -0.05) is 0 Å². The number of sulfonamides is 1. The molecule has 0 radical (unpaired) electrons. The number of hydrogen-bond donors (Lipinski definition) is 2. The molecule has 2 aromatic rings. The lowest BCUT2D eigenvalue weighted by Crippen LogP contribution is -2.16. The second-order valence-corrected chi connectivity index (χ2v) is 5.62. The van der Waals surface area contributed by atoms with Crippen LogP contribution in [0.3, 0.4) is 0 Å². The highest BCUT2D eigenvalue weighted by molar-refractivity contribution is 7.92. The van der Waals surface area contributed by atoms with Crippen molar-refractivity contribution in [2.24, 2.45) is 0 Å². The van der Waals surface area contributed by atoms with Gasteiger partial charge >= 0.3 is 0 Å². The second-order valence-electron chi connectivity index (χ2n) is 3.97. The molecular formula is C12H10F3N3O2S. The summed E-state index contributed by atoms with van der Waals surface area (Å²) >= 11 is 0. The Hall–Kier alpha value is -2.29. The fourth-order valence-corrected chi connectivity index (χ4v) is 2.82. The van der Waals surface area contributed by atoms with E-state index in [1.165, 1.54) is 19.3 Å². The summed E-state index contributed by atoms with van der Waals surface area (Å²) in [6, 6.07) is 2.09. The maximum atomic E-state index is 13.5. The molecule has 2 N–H and O–H groups in total. The number of rotatable bonds is 4. The van der Waals surface area contributed by atoms with Crippen LogP contribution in [0.1, 0.15) is 0 Å². The van der Waals surface area contributed by atoms with Crippen LogP contribution >= 0.6 is 0 Å². The van der Waals surface area contributed by atoms with Crippen molar-refractivity contribution in [1.29, 1.82) is 0 Å². The first kappa shape index (κ1) is 15.1. The smallest absolute Gasteiger partial charge is 0.265 e. The van der Waals surface area contributed by atoms with Gasteiger partial charge in [0.15, 0.2) is 11.6 Å². The van der Waals surface area contributed by atoms with Crippen LogP contribution < -0.4 is 10.0 Å². The van der Waals surface area contributed by atoms with E-state index >= 15 is 0 Å². The summed E-state index contributed by atoms with van der Waals surface area (Å²) in [5.41, 5.74) is -0.472. The monoisotopic (exact) mass is 317 g/mol. The van der Waals surface area contributed by atoms with Crippen molar-refractivity contribution in [2.75, 3.05) is 17.1 Å². The molecule has 0 spiro atoms. The van der Waals surface area contributed by atoms with E-state index in [0.29, 0.717) is 6.07 Å². The van der Waals surface area contributed by atoms with Gasteiger partial charge in [0.25, 0.3) is 10.0 Å². The van der Waals surface area contributed by atoms with Crippen LogP contribution in [0, 0.1) is 17.5 Å². The Morgan fingerprint density at radius 2 is 1.71 bits per heavy atom. The van der Waals surface area contributed by atoms with E-state index in [0.717, 1.165) is 6.20 Å². The van der Waals surface area contributed by atoms with Gasteiger partial charge in [-0.3, -0.25) is 9.71 Å². The normalized spacial score (nSPS) is 11.2. The second kappa shape index (κ2) is 5.60. The van der Waals surface area contributed by atoms with Crippen LogP contribution in [0.15, 0.2) is 35.5 Å². The highest BCUT2D eigenvalue weighted by Gasteiger charge is 2.21. The third-order valence-corrected chi connectivity index (χ3v) is 3.99. The van der Waals surface area contributed by atoms with Crippen molar-refractivity contribution in [1.82, 2.24) is 4.98 Å². The van der Waals surface area contributed by atoms with E-state index in [1.807, 2.05) is 4.72 Å².